The number of nitrogens with zero attached hydrogens (tertiary/aromatic N) is 3. The molecule has 3 aliphatic heterocycles. The average Bonchev–Trinajstić information content (AvgIpc) is 3.34. The van der Waals surface area contributed by atoms with Gasteiger partial charge in [0.2, 0.25) is 5.91 Å². The molecule has 4 heterocycles. The van der Waals surface area contributed by atoms with Gasteiger partial charge in [0.1, 0.15) is 5.52 Å². The molecule has 3 fully saturated rings. The normalized spacial score (nSPS) is 25.9. The van der Waals surface area contributed by atoms with E-state index in [9.17, 15) is 9.18 Å². The minimum atomic E-state index is -0.251. The lowest BCUT2D eigenvalue weighted by Crippen LogP contribution is -2.46. The van der Waals surface area contributed by atoms with Gasteiger partial charge in [-0.3, -0.25) is 9.69 Å². The number of hydrogen-bond donors (Lipinski definition) is 1. The molecule has 6 rings (SSSR count). The fourth-order valence-electron chi connectivity index (χ4n) is 6.11. The number of ether oxygens (including phenoxy) is 1. The molecular formula is C27H31FN4O2. The largest absolute Gasteiger partial charge is 0.380 e. The number of nitrogens with one attached hydrogen (secondary N) is 1. The fraction of sp³-hybridized carbons (Fsp3) is 0.481. The van der Waals surface area contributed by atoms with Crippen LogP contribution in [-0.2, 0) is 9.53 Å². The van der Waals surface area contributed by atoms with E-state index in [2.05, 4.69) is 31.9 Å². The lowest BCUT2D eigenvalue weighted by molar-refractivity contribution is -0.139. The standard InChI is InChI=1S/C27H31FN4O2/c28-23-7-4-8-25-26(23)29-17-32(25)22-13-20-9-10-21(14-22)31(20)12-11-24(18-5-2-1-3-6-18)30-27(33)19-15-34-16-19/h1-8,17,19-22,24H,9-16H2,(H,30,33)/t20?,21?,22?,24-/m0/s1. The van der Waals surface area contributed by atoms with Gasteiger partial charge in [-0.25, -0.2) is 9.37 Å². The Morgan fingerprint density at radius 2 is 1.82 bits per heavy atom. The van der Waals surface area contributed by atoms with Gasteiger partial charge < -0.3 is 14.6 Å². The number of piperidine rings is 1. The van der Waals surface area contributed by atoms with Crippen molar-refractivity contribution >= 4 is 16.9 Å². The average molecular weight is 463 g/mol. The minimum absolute atomic E-state index is 0.00647. The van der Waals surface area contributed by atoms with E-state index in [1.165, 1.54) is 18.9 Å². The number of aromatic nitrogens is 2. The summed E-state index contributed by atoms with van der Waals surface area (Å²) in [5.41, 5.74) is 2.52. The van der Waals surface area contributed by atoms with E-state index in [1.807, 2.05) is 30.6 Å². The predicted octanol–water partition coefficient (Wildman–Crippen LogP) is 4.24. The van der Waals surface area contributed by atoms with E-state index in [0.717, 1.165) is 36.9 Å². The molecule has 0 spiro atoms. The fourth-order valence-corrected chi connectivity index (χ4v) is 6.11. The first-order chi connectivity index (χ1) is 16.7. The molecule has 0 saturated carbocycles. The van der Waals surface area contributed by atoms with Crippen molar-refractivity contribution in [3.8, 4) is 0 Å². The van der Waals surface area contributed by atoms with Crippen molar-refractivity contribution in [2.45, 2.75) is 56.3 Å². The van der Waals surface area contributed by atoms with E-state index in [0.29, 0.717) is 36.9 Å². The quantitative estimate of drug-likeness (QED) is 0.571. The number of para-hydroxylation sites is 1. The van der Waals surface area contributed by atoms with Crippen LogP contribution in [0.15, 0.2) is 54.9 Å². The SMILES string of the molecule is O=C(N[C@@H](CCN1C2CCC1CC(n1cnc3c(F)cccc31)C2)c1ccccc1)C1COC1. The van der Waals surface area contributed by atoms with Crippen molar-refractivity contribution in [2.75, 3.05) is 19.8 Å². The molecule has 2 aromatic carbocycles. The Balaban J connectivity index is 1.14. The first-order valence-corrected chi connectivity index (χ1v) is 12.5. The number of imidazole rings is 1. The van der Waals surface area contributed by atoms with Crippen LogP contribution in [-0.4, -0.2) is 52.2 Å². The molecule has 3 saturated heterocycles. The zero-order chi connectivity index (χ0) is 23.1. The Bertz CT molecular complexity index is 1150. The van der Waals surface area contributed by atoms with Crippen LogP contribution in [0.25, 0.3) is 11.0 Å². The van der Waals surface area contributed by atoms with Crippen molar-refractivity contribution in [1.29, 1.82) is 0 Å². The van der Waals surface area contributed by atoms with E-state index < -0.39 is 0 Å². The molecule has 3 atom stereocenters. The summed E-state index contributed by atoms with van der Waals surface area (Å²) >= 11 is 0. The summed E-state index contributed by atoms with van der Waals surface area (Å²) in [6.07, 6.45) is 7.22. The van der Waals surface area contributed by atoms with Crippen molar-refractivity contribution in [3.05, 3.63) is 66.2 Å². The molecule has 6 nitrogen and oxygen atoms in total. The number of fused-ring (bicyclic) bond motifs is 3. The molecule has 178 valence electrons. The van der Waals surface area contributed by atoms with Gasteiger partial charge in [-0.2, -0.15) is 0 Å². The highest BCUT2D eigenvalue weighted by Crippen LogP contribution is 2.42. The first-order valence-electron chi connectivity index (χ1n) is 12.5. The van der Waals surface area contributed by atoms with Crippen molar-refractivity contribution in [1.82, 2.24) is 19.8 Å². The second kappa shape index (κ2) is 9.12. The molecule has 34 heavy (non-hydrogen) atoms. The van der Waals surface area contributed by atoms with Crippen LogP contribution in [0, 0.1) is 11.7 Å². The van der Waals surface area contributed by atoms with Crippen LogP contribution in [0.4, 0.5) is 4.39 Å². The van der Waals surface area contributed by atoms with Crippen LogP contribution in [0.3, 0.4) is 0 Å². The van der Waals surface area contributed by atoms with Crippen LogP contribution in [0.5, 0.6) is 0 Å². The second-order valence-electron chi connectivity index (χ2n) is 10.0. The summed E-state index contributed by atoms with van der Waals surface area (Å²) in [6, 6.07) is 16.9. The number of hydrogen-bond acceptors (Lipinski definition) is 4. The molecule has 1 aromatic heterocycles. The maximum atomic E-state index is 14.2. The molecular weight excluding hydrogens is 431 g/mol. The minimum Gasteiger partial charge on any atom is -0.380 e. The third kappa shape index (κ3) is 4.01. The molecule has 1 amide bonds. The number of rotatable bonds is 7. The van der Waals surface area contributed by atoms with Crippen molar-refractivity contribution in [2.24, 2.45) is 5.92 Å². The zero-order valence-electron chi connectivity index (χ0n) is 19.3. The Labute approximate surface area is 199 Å². The van der Waals surface area contributed by atoms with Gasteiger partial charge in [-0.1, -0.05) is 36.4 Å². The van der Waals surface area contributed by atoms with Gasteiger partial charge in [-0.05, 0) is 49.8 Å². The van der Waals surface area contributed by atoms with Crippen LogP contribution in [0.2, 0.25) is 0 Å². The molecule has 1 N–H and O–H groups in total. The topological polar surface area (TPSA) is 59.4 Å². The Kier molecular flexibility index (Phi) is 5.83. The number of amides is 1. The maximum absolute atomic E-state index is 14.2. The Hall–Kier alpha value is -2.77. The predicted molar refractivity (Wildman–Crippen MR) is 128 cm³/mol. The summed E-state index contributed by atoms with van der Waals surface area (Å²) in [5.74, 6) is -0.173. The van der Waals surface area contributed by atoms with E-state index in [4.69, 9.17) is 4.74 Å². The smallest absolute Gasteiger partial charge is 0.228 e. The number of carbonyl (C=O) groups is 1. The second-order valence-corrected chi connectivity index (χ2v) is 10.0. The lowest BCUT2D eigenvalue weighted by atomic mass is 9.95. The summed E-state index contributed by atoms with van der Waals surface area (Å²) < 4.78 is 21.6. The summed E-state index contributed by atoms with van der Waals surface area (Å²) in [5, 5.41) is 3.29. The molecule has 3 aromatic rings. The number of carbonyl (C=O) groups excluding carboxylic acids is 1. The first kappa shape index (κ1) is 21.7. The van der Waals surface area contributed by atoms with Gasteiger partial charge in [-0.15, -0.1) is 0 Å². The number of benzene rings is 2. The maximum Gasteiger partial charge on any atom is 0.228 e. The van der Waals surface area contributed by atoms with Crippen molar-refractivity contribution in [3.63, 3.8) is 0 Å². The van der Waals surface area contributed by atoms with Gasteiger partial charge in [0.15, 0.2) is 5.82 Å². The number of halogens is 1. The Morgan fingerprint density at radius 3 is 2.53 bits per heavy atom. The Morgan fingerprint density at radius 1 is 1.06 bits per heavy atom. The molecule has 3 aliphatic rings. The van der Waals surface area contributed by atoms with E-state index >= 15 is 0 Å². The molecule has 0 aliphatic carbocycles. The summed E-state index contributed by atoms with van der Waals surface area (Å²) in [7, 11) is 0. The molecule has 0 radical (unpaired) electrons. The molecule has 2 bridgehead atoms. The lowest BCUT2D eigenvalue weighted by Gasteiger charge is -2.40. The highest BCUT2D eigenvalue weighted by molar-refractivity contribution is 5.80. The van der Waals surface area contributed by atoms with E-state index in [1.54, 1.807) is 6.07 Å². The van der Waals surface area contributed by atoms with Crippen LogP contribution in [0.1, 0.15) is 49.8 Å². The van der Waals surface area contributed by atoms with E-state index in [-0.39, 0.29) is 23.7 Å². The van der Waals surface area contributed by atoms with Gasteiger partial charge >= 0.3 is 0 Å². The third-order valence-electron chi connectivity index (χ3n) is 8.01. The molecule has 2 unspecified atom stereocenters. The van der Waals surface area contributed by atoms with Crippen molar-refractivity contribution < 1.29 is 13.9 Å². The highest BCUT2D eigenvalue weighted by Gasteiger charge is 2.41. The summed E-state index contributed by atoms with van der Waals surface area (Å²) in [4.78, 5) is 19.7. The molecule has 7 heteroatoms. The zero-order valence-corrected chi connectivity index (χ0v) is 19.3. The van der Waals surface area contributed by atoms with Gasteiger partial charge in [0.25, 0.3) is 0 Å². The van der Waals surface area contributed by atoms with Gasteiger partial charge in [0, 0.05) is 24.7 Å². The van der Waals surface area contributed by atoms with Crippen LogP contribution < -0.4 is 5.32 Å². The van der Waals surface area contributed by atoms with Gasteiger partial charge in [0.05, 0.1) is 37.0 Å². The summed E-state index contributed by atoms with van der Waals surface area (Å²) in [6.45, 7) is 2.01. The monoisotopic (exact) mass is 462 g/mol. The third-order valence-corrected chi connectivity index (χ3v) is 8.01. The van der Waals surface area contributed by atoms with Crippen LogP contribution >= 0.6 is 0 Å². The highest BCUT2D eigenvalue weighted by atomic mass is 19.1.